The summed E-state index contributed by atoms with van der Waals surface area (Å²) in [6, 6.07) is 0. The van der Waals surface area contributed by atoms with Gasteiger partial charge >= 0.3 is 6.61 Å². The second-order valence-electron chi connectivity index (χ2n) is 4.63. The van der Waals surface area contributed by atoms with Crippen LogP contribution < -0.4 is 0 Å². The van der Waals surface area contributed by atoms with Crippen LogP contribution in [0, 0.1) is 5.92 Å². The van der Waals surface area contributed by atoms with Crippen molar-refractivity contribution in [1.29, 1.82) is 0 Å². The van der Waals surface area contributed by atoms with E-state index in [1.807, 2.05) is 0 Å². The van der Waals surface area contributed by atoms with E-state index in [0.717, 1.165) is 19.3 Å². The van der Waals surface area contributed by atoms with Crippen LogP contribution in [0.4, 0.5) is 8.78 Å². The number of ether oxygens (including phenoxy) is 2. The van der Waals surface area contributed by atoms with Crippen LogP contribution in [0.2, 0.25) is 0 Å². The van der Waals surface area contributed by atoms with E-state index in [-0.39, 0.29) is 31.0 Å². The fourth-order valence-corrected chi connectivity index (χ4v) is 2.49. The zero-order valence-corrected chi connectivity index (χ0v) is 9.77. The SMILES string of the molecule is COC1CCC(C(=O)N2CC(OC(F)F)C2)C1. The highest BCUT2D eigenvalue weighted by atomic mass is 19.3. The highest BCUT2D eigenvalue weighted by Crippen LogP contribution is 2.30. The predicted octanol–water partition coefficient (Wildman–Crippen LogP) is 1.25. The van der Waals surface area contributed by atoms with Gasteiger partial charge in [-0.2, -0.15) is 8.78 Å². The first kappa shape index (κ1) is 12.7. The van der Waals surface area contributed by atoms with Crippen molar-refractivity contribution >= 4 is 5.91 Å². The summed E-state index contributed by atoms with van der Waals surface area (Å²) in [6.07, 6.45) is 2.13. The van der Waals surface area contributed by atoms with Crippen molar-refractivity contribution in [3.05, 3.63) is 0 Å². The molecule has 4 nitrogen and oxygen atoms in total. The van der Waals surface area contributed by atoms with Crippen molar-refractivity contribution in [2.24, 2.45) is 5.92 Å². The van der Waals surface area contributed by atoms with Gasteiger partial charge < -0.3 is 14.4 Å². The Hall–Kier alpha value is -0.750. The van der Waals surface area contributed by atoms with E-state index in [9.17, 15) is 13.6 Å². The molecule has 2 fully saturated rings. The molecule has 6 heteroatoms. The fraction of sp³-hybridized carbons (Fsp3) is 0.909. The van der Waals surface area contributed by atoms with Gasteiger partial charge in [0.15, 0.2) is 0 Å². The third-order valence-electron chi connectivity index (χ3n) is 3.52. The van der Waals surface area contributed by atoms with Gasteiger partial charge in [-0.15, -0.1) is 0 Å². The van der Waals surface area contributed by atoms with E-state index >= 15 is 0 Å². The minimum atomic E-state index is -2.75. The number of amides is 1. The number of methoxy groups -OCH3 is 1. The van der Waals surface area contributed by atoms with Crippen LogP contribution >= 0.6 is 0 Å². The second kappa shape index (κ2) is 5.27. The maximum atomic E-state index is 11.9. The average molecular weight is 249 g/mol. The highest BCUT2D eigenvalue weighted by molar-refractivity contribution is 5.80. The molecule has 0 spiro atoms. The van der Waals surface area contributed by atoms with Crippen LogP contribution in [0.5, 0.6) is 0 Å². The van der Waals surface area contributed by atoms with Crippen LogP contribution in [-0.4, -0.2) is 49.8 Å². The number of nitrogens with zero attached hydrogens (tertiary/aromatic N) is 1. The van der Waals surface area contributed by atoms with E-state index in [1.54, 1.807) is 12.0 Å². The average Bonchev–Trinajstić information content (AvgIpc) is 2.70. The first-order chi connectivity index (χ1) is 8.10. The Morgan fingerprint density at radius 3 is 2.53 bits per heavy atom. The van der Waals surface area contributed by atoms with Gasteiger partial charge in [0.1, 0.15) is 0 Å². The van der Waals surface area contributed by atoms with Crippen molar-refractivity contribution < 1.29 is 23.0 Å². The summed E-state index contributed by atoms with van der Waals surface area (Å²) >= 11 is 0. The van der Waals surface area contributed by atoms with Gasteiger partial charge in [-0.3, -0.25) is 4.79 Å². The van der Waals surface area contributed by atoms with Crippen LogP contribution in [0.3, 0.4) is 0 Å². The molecule has 1 aliphatic carbocycles. The van der Waals surface area contributed by atoms with E-state index in [0.29, 0.717) is 0 Å². The standard InChI is InChI=1S/C11H17F2NO3/c1-16-8-3-2-7(4-8)10(15)14-5-9(6-14)17-11(12)13/h7-9,11H,2-6H2,1H3. The lowest BCUT2D eigenvalue weighted by molar-refractivity contribution is -0.200. The molecule has 0 aromatic heterocycles. The largest absolute Gasteiger partial charge is 0.381 e. The molecule has 0 aromatic carbocycles. The van der Waals surface area contributed by atoms with E-state index in [2.05, 4.69) is 4.74 Å². The minimum Gasteiger partial charge on any atom is -0.381 e. The normalized spacial score (nSPS) is 29.8. The summed E-state index contributed by atoms with van der Waals surface area (Å²) in [5.74, 6) is 0.0473. The first-order valence-electron chi connectivity index (χ1n) is 5.85. The summed E-state index contributed by atoms with van der Waals surface area (Å²) in [5.41, 5.74) is 0. The monoisotopic (exact) mass is 249 g/mol. The molecule has 98 valence electrons. The summed E-state index contributed by atoms with van der Waals surface area (Å²) < 4.78 is 33.3. The molecular formula is C11H17F2NO3. The molecule has 2 rings (SSSR count). The predicted molar refractivity (Wildman–Crippen MR) is 55.6 cm³/mol. The molecule has 0 aromatic rings. The highest BCUT2D eigenvalue weighted by Gasteiger charge is 2.39. The fourth-order valence-electron chi connectivity index (χ4n) is 2.49. The van der Waals surface area contributed by atoms with E-state index < -0.39 is 12.7 Å². The molecule has 0 N–H and O–H groups in total. The third kappa shape index (κ3) is 2.93. The molecule has 1 saturated carbocycles. The molecular weight excluding hydrogens is 232 g/mol. The van der Waals surface area contributed by atoms with Gasteiger partial charge in [-0.1, -0.05) is 0 Å². The maximum absolute atomic E-state index is 11.9. The zero-order valence-electron chi connectivity index (χ0n) is 9.77. The molecule has 2 aliphatic rings. The maximum Gasteiger partial charge on any atom is 0.345 e. The Morgan fingerprint density at radius 1 is 1.29 bits per heavy atom. The minimum absolute atomic E-state index is 0.00699. The van der Waals surface area contributed by atoms with E-state index in [4.69, 9.17) is 4.74 Å². The number of alkyl halides is 2. The molecule has 0 bridgehead atoms. The van der Waals surface area contributed by atoms with Gasteiger partial charge in [0, 0.05) is 26.1 Å². The van der Waals surface area contributed by atoms with Crippen molar-refractivity contribution in [3.63, 3.8) is 0 Å². The molecule has 1 saturated heterocycles. The number of halogens is 2. The quantitative estimate of drug-likeness (QED) is 0.752. The van der Waals surface area contributed by atoms with Gasteiger partial charge in [-0.25, -0.2) is 0 Å². The molecule has 1 amide bonds. The Labute approximate surface area is 98.9 Å². The number of likely N-dealkylation sites (tertiary alicyclic amines) is 1. The van der Waals surface area contributed by atoms with Crippen LogP contribution in [0.25, 0.3) is 0 Å². The lowest BCUT2D eigenvalue weighted by Crippen LogP contribution is -2.56. The van der Waals surface area contributed by atoms with Crippen molar-refractivity contribution in [3.8, 4) is 0 Å². The van der Waals surface area contributed by atoms with E-state index in [1.165, 1.54) is 0 Å². The van der Waals surface area contributed by atoms with Gasteiger partial charge in [-0.05, 0) is 19.3 Å². The molecule has 1 heterocycles. The summed E-state index contributed by atoms with van der Waals surface area (Å²) in [4.78, 5) is 13.5. The molecule has 1 aliphatic heterocycles. The molecule has 2 atom stereocenters. The Kier molecular flexibility index (Phi) is 3.93. The molecule has 2 unspecified atom stereocenters. The van der Waals surface area contributed by atoms with Gasteiger partial charge in [0.05, 0.1) is 12.2 Å². The molecule has 17 heavy (non-hydrogen) atoms. The summed E-state index contributed by atoms with van der Waals surface area (Å²) in [7, 11) is 1.65. The summed E-state index contributed by atoms with van der Waals surface area (Å²) in [6.45, 7) is -2.17. The number of rotatable bonds is 4. The lowest BCUT2D eigenvalue weighted by atomic mass is 10.0. The molecule has 0 radical (unpaired) electrons. The van der Waals surface area contributed by atoms with Crippen molar-refractivity contribution in [1.82, 2.24) is 4.90 Å². The van der Waals surface area contributed by atoms with Gasteiger partial charge in [0.25, 0.3) is 0 Å². The second-order valence-corrected chi connectivity index (χ2v) is 4.63. The Bertz CT molecular complexity index is 282. The van der Waals surface area contributed by atoms with Crippen molar-refractivity contribution in [2.75, 3.05) is 20.2 Å². The smallest absolute Gasteiger partial charge is 0.345 e. The van der Waals surface area contributed by atoms with Crippen LogP contribution in [0.15, 0.2) is 0 Å². The van der Waals surface area contributed by atoms with Crippen LogP contribution in [-0.2, 0) is 14.3 Å². The third-order valence-corrected chi connectivity index (χ3v) is 3.52. The topological polar surface area (TPSA) is 38.8 Å². The zero-order chi connectivity index (χ0) is 12.4. The Balaban J connectivity index is 1.72. The summed E-state index contributed by atoms with van der Waals surface area (Å²) in [5, 5.41) is 0. The number of hydrogen-bond donors (Lipinski definition) is 0. The van der Waals surface area contributed by atoms with Crippen LogP contribution in [0.1, 0.15) is 19.3 Å². The van der Waals surface area contributed by atoms with Crippen molar-refractivity contribution in [2.45, 2.75) is 38.1 Å². The number of carbonyl (C=O) groups is 1. The number of carbonyl (C=O) groups excluding carboxylic acids is 1. The van der Waals surface area contributed by atoms with Gasteiger partial charge in [0.2, 0.25) is 5.91 Å². The lowest BCUT2D eigenvalue weighted by Gasteiger charge is -2.39. The first-order valence-corrected chi connectivity index (χ1v) is 5.85. The Morgan fingerprint density at radius 2 is 2.00 bits per heavy atom. The number of hydrogen-bond acceptors (Lipinski definition) is 3.